The average Bonchev–Trinajstić information content (AvgIpc) is 3.04. The maximum absolute atomic E-state index is 13.1. The van der Waals surface area contributed by atoms with Crippen LogP contribution in [0.4, 0.5) is 0 Å². The van der Waals surface area contributed by atoms with Crippen molar-refractivity contribution in [1.29, 1.82) is 0 Å². The fourth-order valence-corrected chi connectivity index (χ4v) is 8.74. The van der Waals surface area contributed by atoms with Gasteiger partial charge >= 0.3 is 23.9 Å². The number of hydrogen-bond acceptors (Lipinski definition) is 11. The van der Waals surface area contributed by atoms with E-state index >= 15 is 0 Å². The quantitative estimate of drug-likeness (QED) is 0.130. The van der Waals surface area contributed by atoms with Crippen molar-refractivity contribution in [3.8, 4) is 0 Å². The smallest absolute Gasteiger partial charge is 0.312 e. The van der Waals surface area contributed by atoms with Crippen LogP contribution in [0.1, 0.15) is 175 Å². The molecule has 53 heavy (non-hydrogen) atoms. The zero-order valence-electron chi connectivity index (χ0n) is 36.9. The number of methoxy groups -OCH3 is 2. The van der Waals surface area contributed by atoms with Gasteiger partial charge in [-0.25, -0.2) is 0 Å². The number of carbonyl (C=O) groups is 4. The third-order valence-corrected chi connectivity index (χ3v) is 12.3. The first kappa shape index (κ1) is 48.8. The van der Waals surface area contributed by atoms with E-state index in [0.717, 1.165) is 12.8 Å². The van der Waals surface area contributed by atoms with Gasteiger partial charge in [-0.15, -0.1) is 0 Å². The highest BCUT2D eigenvalue weighted by molar-refractivity contribution is 5.81. The molecule has 2 aliphatic rings. The Hall–Kier alpha value is -2.24. The molecule has 0 aliphatic carbocycles. The van der Waals surface area contributed by atoms with Crippen molar-refractivity contribution in [2.75, 3.05) is 14.2 Å². The molecular weight excluding hydrogens is 676 g/mol. The highest BCUT2D eigenvalue weighted by Crippen LogP contribution is 2.44. The van der Waals surface area contributed by atoms with Crippen molar-refractivity contribution in [3.63, 3.8) is 0 Å². The summed E-state index contributed by atoms with van der Waals surface area (Å²) in [5.74, 6) is -1.05. The van der Waals surface area contributed by atoms with E-state index in [1.165, 1.54) is 19.3 Å². The fraction of sp³-hybridized carbons (Fsp3) is 0.905. The standard InChI is InChI=1S/C21H39NO5.C21H39NO4/c1-10-20(7,16(23)26-9)14-21(8,11-2)17(24)27-15-12-18(3,4)22(25)19(5,6)13-15;1-10-20(7,16(23)25-9)14-21(8,11-2)17(24)26-15-12-18(3,4)22-19(5,6)13-15/h15,25H,10-14H2,1-9H3;15,22H,10-14H2,1-9H3. The number of nitrogens with one attached hydrogen (secondary N) is 1. The third-order valence-electron chi connectivity index (χ3n) is 12.3. The van der Waals surface area contributed by atoms with Gasteiger partial charge in [-0.2, -0.15) is 5.06 Å². The van der Waals surface area contributed by atoms with Gasteiger partial charge < -0.3 is 29.5 Å². The van der Waals surface area contributed by atoms with Crippen LogP contribution in [0.3, 0.4) is 0 Å². The molecule has 0 aromatic rings. The van der Waals surface area contributed by atoms with E-state index in [1.54, 1.807) is 0 Å². The lowest BCUT2D eigenvalue weighted by Gasteiger charge is -2.51. The Morgan fingerprint density at radius 3 is 1.09 bits per heavy atom. The van der Waals surface area contributed by atoms with Crippen LogP contribution in [-0.2, 0) is 38.1 Å². The van der Waals surface area contributed by atoms with E-state index in [4.69, 9.17) is 18.9 Å². The summed E-state index contributed by atoms with van der Waals surface area (Å²) in [5, 5.41) is 15.4. The molecule has 4 atom stereocenters. The Morgan fingerprint density at radius 1 is 0.566 bits per heavy atom. The summed E-state index contributed by atoms with van der Waals surface area (Å²) in [4.78, 5) is 50.7. The van der Waals surface area contributed by atoms with Crippen LogP contribution in [0, 0.1) is 21.7 Å². The Morgan fingerprint density at radius 2 is 0.830 bits per heavy atom. The molecule has 2 fully saturated rings. The number of carbonyl (C=O) groups excluding carboxylic acids is 4. The minimum Gasteiger partial charge on any atom is -0.469 e. The van der Waals surface area contributed by atoms with E-state index < -0.39 is 32.7 Å². The van der Waals surface area contributed by atoms with Gasteiger partial charge in [0.2, 0.25) is 0 Å². The molecule has 0 amide bonds. The summed E-state index contributed by atoms with van der Waals surface area (Å²) in [5.41, 5.74) is -4.05. The Labute approximate surface area is 322 Å². The number of hydrogen-bond donors (Lipinski definition) is 2. The molecule has 2 heterocycles. The van der Waals surface area contributed by atoms with Crippen molar-refractivity contribution in [2.24, 2.45) is 21.7 Å². The Bertz CT molecular complexity index is 1240. The molecule has 2 aliphatic heterocycles. The summed E-state index contributed by atoms with van der Waals surface area (Å²) >= 11 is 0. The van der Waals surface area contributed by atoms with E-state index in [2.05, 4.69) is 33.0 Å². The normalized spacial score (nSPS) is 24.4. The van der Waals surface area contributed by atoms with Gasteiger partial charge in [0.05, 0.1) is 35.9 Å². The second-order valence-electron chi connectivity index (χ2n) is 19.7. The summed E-state index contributed by atoms with van der Waals surface area (Å²) in [6.07, 6.45) is 5.49. The van der Waals surface area contributed by atoms with Crippen LogP contribution in [-0.4, -0.2) is 82.7 Å². The van der Waals surface area contributed by atoms with E-state index in [9.17, 15) is 24.4 Å². The number of ether oxygens (including phenoxy) is 4. The van der Waals surface area contributed by atoms with Gasteiger partial charge in [-0.1, -0.05) is 27.7 Å². The molecule has 0 saturated carbocycles. The maximum atomic E-state index is 13.1. The van der Waals surface area contributed by atoms with E-state index in [0.29, 0.717) is 51.4 Å². The molecule has 0 radical (unpaired) electrons. The van der Waals surface area contributed by atoms with Crippen LogP contribution in [0.2, 0.25) is 0 Å². The van der Waals surface area contributed by atoms with Crippen LogP contribution >= 0.6 is 0 Å². The van der Waals surface area contributed by atoms with Gasteiger partial charge in [0.25, 0.3) is 0 Å². The predicted molar refractivity (Wildman–Crippen MR) is 208 cm³/mol. The van der Waals surface area contributed by atoms with Crippen molar-refractivity contribution in [1.82, 2.24) is 10.4 Å². The van der Waals surface area contributed by atoms with Crippen LogP contribution < -0.4 is 5.32 Å². The molecule has 4 unspecified atom stereocenters. The molecule has 2 saturated heterocycles. The molecule has 11 heteroatoms. The number of piperidine rings is 2. The lowest BCUT2D eigenvalue weighted by atomic mass is 9.70. The zero-order chi connectivity index (χ0) is 41.6. The highest BCUT2D eigenvalue weighted by atomic mass is 16.6. The van der Waals surface area contributed by atoms with Crippen molar-refractivity contribution >= 4 is 23.9 Å². The summed E-state index contributed by atoms with van der Waals surface area (Å²) in [7, 11) is 2.78. The van der Waals surface area contributed by atoms with Gasteiger partial charge in [0, 0.05) is 47.8 Å². The van der Waals surface area contributed by atoms with E-state index in [1.807, 2.05) is 83.1 Å². The molecule has 11 nitrogen and oxygen atoms in total. The minimum absolute atomic E-state index is 0.0841. The van der Waals surface area contributed by atoms with Gasteiger partial charge in [0.1, 0.15) is 12.2 Å². The first-order valence-corrected chi connectivity index (χ1v) is 19.8. The highest BCUT2D eigenvalue weighted by Gasteiger charge is 2.50. The van der Waals surface area contributed by atoms with E-state index in [-0.39, 0.29) is 47.2 Å². The SMILES string of the molecule is CCC(C)(CC(C)(CC)C(=O)OC1CC(C)(C)N(O)C(C)(C)C1)C(=O)OC.CCC(C)(CC(C)(CC)C(=O)OC1CC(C)(C)NC(C)(C)C1)C(=O)OC. The summed E-state index contributed by atoms with van der Waals surface area (Å²) < 4.78 is 21.9. The lowest BCUT2D eigenvalue weighted by Crippen LogP contribution is -2.61. The molecule has 310 valence electrons. The van der Waals surface area contributed by atoms with Crippen molar-refractivity contribution in [3.05, 3.63) is 0 Å². The molecule has 2 rings (SSSR count). The third kappa shape index (κ3) is 12.4. The topological polar surface area (TPSA) is 141 Å². The van der Waals surface area contributed by atoms with Gasteiger partial charge in [-0.3, -0.25) is 19.2 Å². The fourth-order valence-electron chi connectivity index (χ4n) is 8.74. The van der Waals surface area contributed by atoms with Crippen LogP contribution in [0.5, 0.6) is 0 Å². The number of rotatable bonds is 14. The zero-order valence-corrected chi connectivity index (χ0v) is 36.9. The van der Waals surface area contributed by atoms with Crippen molar-refractivity contribution in [2.45, 2.75) is 209 Å². The number of hydroxylamine groups is 2. The van der Waals surface area contributed by atoms with Crippen LogP contribution in [0.25, 0.3) is 0 Å². The molecule has 0 aromatic carbocycles. The van der Waals surface area contributed by atoms with Crippen LogP contribution in [0.15, 0.2) is 0 Å². The van der Waals surface area contributed by atoms with Gasteiger partial charge in [0.15, 0.2) is 0 Å². The first-order valence-electron chi connectivity index (χ1n) is 19.8. The Kier molecular flexibility index (Phi) is 16.3. The van der Waals surface area contributed by atoms with Crippen molar-refractivity contribution < 1.29 is 43.3 Å². The minimum atomic E-state index is -0.774. The molecule has 0 aromatic heterocycles. The molecule has 0 bridgehead atoms. The Balaban J connectivity index is 0.000000530. The number of esters is 4. The van der Waals surface area contributed by atoms with Gasteiger partial charge in [-0.05, 0) is 122 Å². The molecular formula is C42H78N2O9. The first-order chi connectivity index (χ1) is 23.9. The molecule has 2 N–H and O–H groups in total. The molecule has 0 spiro atoms. The largest absolute Gasteiger partial charge is 0.469 e. The summed E-state index contributed by atoms with van der Waals surface area (Å²) in [6, 6.07) is 0. The number of nitrogens with zero attached hydrogens (tertiary/aromatic N) is 1. The second-order valence-corrected chi connectivity index (χ2v) is 19.7. The maximum Gasteiger partial charge on any atom is 0.312 e. The predicted octanol–water partition coefficient (Wildman–Crippen LogP) is 8.57. The lowest BCUT2D eigenvalue weighted by molar-refractivity contribution is -0.260. The average molecular weight is 755 g/mol. The monoisotopic (exact) mass is 755 g/mol. The summed E-state index contributed by atoms with van der Waals surface area (Å²) in [6.45, 7) is 31.6. The second kappa shape index (κ2) is 17.7.